The van der Waals surface area contributed by atoms with Crippen molar-refractivity contribution in [1.82, 2.24) is 20.0 Å². The Labute approximate surface area is 102 Å². The summed E-state index contributed by atoms with van der Waals surface area (Å²) in [6, 6.07) is 4.12. The van der Waals surface area contributed by atoms with Crippen molar-refractivity contribution in [3.8, 4) is 0 Å². The first kappa shape index (κ1) is 12.1. The third-order valence-electron chi connectivity index (χ3n) is 3.18. The number of hydrogen-bond acceptors (Lipinski definition) is 6. The van der Waals surface area contributed by atoms with E-state index in [2.05, 4.69) is 39.4 Å². The summed E-state index contributed by atoms with van der Waals surface area (Å²) in [5.41, 5.74) is 5.49. The normalized spacial score (nSPS) is 22.6. The van der Waals surface area contributed by atoms with Crippen LogP contribution >= 0.6 is 0 Å². The Morgan fingerprint density at radius 1 is 1.35 bits per heavy atom. The molecule has 0 bridgehead atoms. The average Bonchev–Trinajstić information content (AvgIpc) is 2.32. The van der Waals surface area contributed by atoms with Crippen molar-refractivity contribution in [3.05, 3.63) is 12.1 Å². The van der Waals surface area contributed by atoms with Crippen molar-refractivity contribution < 1.29 is 0 Å². The molecule has 1 aromatic rings. The fourth-order valence-corrected chi connectivity index (χ4v) is 1.98. The highest BCUT2D eigenvalue weighted by molar-refractivity contribution is 5.38. The van der Waals surface area contributed by atoms with Crippen LogP contribution in [0.3, 0.4) is 0 Å². The van der Waals surface area contributed by atoms with E-state index in [1.165, 1.54) is 0 Å². The number of nitrogens with zero attached hydrogens (tertiary/aromatic N) is 4. The molecule has 1 fully saturated rings. The molecular formula is C11H20N6. The van der Waals surface area contributed by atoms with Crippen LogP contribution < -0.4 is 11.1 Å². The minimum Gasteiger partial charge on any atom is -0.382 e. The molecule has 0 spiro atoms. The van der Waals surface area contributed by atoms with Gasteiger partial charge >= 0.3 is 0 Å². The van der Waals surface area contributed by atoms with E-state index >= 15 is 0 Å². The average molecular weight is 236 g/mol. The van der Waals surface area contributed by atoms with Gasteiger partial charge in [0.15, 0.2) is 0 Å². The van der Waals surface area contributed by atoms with Gasteiger partial charge in [0.1, 0.15) is 11.6 Å². The maximum absolute atomic E-state index is 5.49. The summed E-state index contributed by atoms with van der Waals surface area (Å²) in [5.74, 6) is 1.23. The van der Waals surface area contributed by atoms with E-state index in [1.807, 2.05) is 6.07 Å². The molecular weight excluding hydrogens is 216 g/mol. The van der Waals surface area contributed by atoms with Gasteiger partial charge in [-0.15, -0.1) is 10.2 Å². The lowest BCUT2D eigenvalue weighted by Crippen LogP contribution is -2.52. The van der Waals surface area contributed by atoms with Gasteiger partial charge in [-0.3, -0.25) is 4.90 Å². The van der Waals surface area contributed by atoms with Gasteiger partial charge in [0, 0.05) is 32.2 Å². The van der Waals surface area contributed by atoms with E-state index in [1.54, 1.807) is 6.07 Å². The zero-order valence-corrected chi connectivity index (χ0v) is 10.4. The van der Waals surface area contributed by atoms with Gasteiger partial charge in [-0.2, -0.15) is 0 Å². The summed E-state index contributed by atoms with van der Waals surface area (Å²) in [7, 11) is 4.32. The number of aromatic nitrogens is 2. The Morgan fingerprint density at radius 2 is 2.18 bits per heavy atom. The van der Waals surface area contributed by atoms with Gasteiger partial charge in [0.2, 0.25) is 0 Å². The number of anilines is 2. The van der Waals surface area contributed by atoms with Gasteiger partial charge in [0.05, 0.1) is 0 Å². The van der Waals surface area contributed by atoms with Gasteiger partial charge in [-0.25, -0.2) is 0 Å². The number of nitrogens with one attached hydrogen (secondary N) is 1. The van der Waals surface area contributed by atoms with Crippen LogP contribution in [0.5, 0.6) is 0 Å². The molecule has 1 aromatic heterocycles. The third kappa shape index (κ3) is 3.28. The lowest BCUT2D eigenvalue weighted by molar-refractivity contribution is 0.122. The van der Waals surface area contributed by atoms with E-state index in [9.17, 15) is 0 Å². The first-order valence-electron chi connectivity index (χ1n) is 5.87. The molecule has 0 aliphatic carbocycles. The van der Waals surface area contributed by atoms with Gasteiger partial charge < -0.3 is 16.0 Å². The van der Waals surface area contributed by atoms with Crippen molar-refractivity contribution in [2.24, 2.45) is 0 Å². The predicted molar refractivity (Wildman–Crippen MR) is 68.8 cm³/mol. The molecule has 1 unspecified atom stereocenters. The fourth-order valence-electron chi connectivity index (χ4n) is 1.98. The smallest absolute Gasteiger partial charge is 0.148 e. The highest BCUT2D eigenvalue weighted by Crippen LogP contribution is 2.08. The molecule has 1 saturated heterocycles. The molecule has 0 aromatic carbocycles. The van der Waals surface area contributed by atoms with E-state index in [0.717, 1.165) is 32.0 Å². The second-order valence-corrected chi connectivity index (χ2v) is 4.62. The third-order valence-corrected chi connectivity index (χ3v) is 3.18. The van der Waals surface area contributed by atoms with Crippen LogP contribution in [-0.4, -0.2) is 66.3 Å². The van der Waals surface area contributed by atoms with Crippen molar-refractivity contribution in [2.45, 2.75) is 6.04 Å². The van der Waals surface area contributed by atoms with E-state index in [0.29, 0.717) is 11.9 Å². The molecule has 94 valence electrons. The first-order chi connectivity index (χ1) is 8.15. The molecule has 17 heavy (non-hydrogen) atoms. The molecule has 3 N–H and O–H groups in total. The quantitative estimate of drug-likeness (QED) is 0.752. The Kier molecular flexibility index (Phi) is 3.75. The van der Waals surface area contributed by atoms with Crippen LogP contribution in [0, 0.1) is 0 Å². The Morgan fingerprint density at radius 3 is 2.88 bits per heavy atom. The lowest BCUT2D eigenvalue weighted by Gasteiger charge is -2.37. The number of likely N-dealkylation sites (N-methyl/N-ethyl adjacent to an activating group) is 2. The largest absolute Gasteiger partial charge is 0.382 e. The van der Waals surface area contributed by atoms with Crippen molar-refractivity contribution in [1.29, 1.82) is 0 Å². The van der Waals surface area contributed by atoms with Gasteiger partial charge in [-0.05, 0) is 26.2 Å². The standard InChI is InChI=1S/C11H20N6/c1-16-5-6-17(2)9(8-16)7-13-11-4-3-10(12)14-15-11/h3-4,9H,5-8H2,1-2H3,(H2,12,14)(H,13,15). The number of hydrogen-bond donors (Lipinski definition) is 2. The Balaban J connectivity index is 1.86. The summed E-state index contributed by atoms with van der Waals surface area (Å²) in [6.07, 6.45) is 0. The topological polar surface area (TPSA) is 70.3 Å². The molecule has 0 amide bonds. The summed E-state index contributed by atoms with van der Waals surface area (Å²) >= 11 is 0. The molecule has 0 saturated carbocycles. The molecule has 1 atom stereocenters. The molecule has 1 aliphatic heterocycles. The molecule has 6 heteroatoms. The minimum absolute atomic E-state index is 0.449. The number of rotatable bonds is 3. The number of nitrogen functional groups attached to an aromatic ring is 1. The summed E-state index contributed by atoms with van der Waals surface area (Å²) < 4.78 is 0. The zero-order valence-electron chi connectivity index (χ0n) is 10.4. The van der Waals surface area contributed by atoms with Crippen molar-refractivity contribution in [2.75, 3.05) is 51.3 Å². The summed E-state index contributed by atoms with van der Waals surface area (Å²) in [6.45, 7) is 4.19. The maximum Gasteiger partial charge on any atom is 0.148 e. The Bertz CT molecular complexity index is 351. The minimum atomic E-state index is 0.449. The SMILES string of the molecule is CN1CCN(C)C(CNc2ccc(N)nn2)C1. The van der Waals surface area contributed by atoms with Crippen LogP contribution in [0.25, 0.3) is 0 Å². The monoisotopic (exact) mass is 236 g/mol. The van der Waals surface area contributed by atoms with Crippen molar-refractivity contribution in [3.63, 3.8) is 0 Å². The van der Waals surface area contributed by atoms with Crippen LogP contribution in [0.4, 0.5) is 11.6 Å². The molecule has 1 aliphatic rings. The van der Waals surface area contributed by atoms with E-state index < -0.39 is 0 Å². The Hall–Kier alpha value is -1.40. The highest BCUT2D eigenvalue weighted by Gasteiger charge is 2.21. The lowest BCUT2D eigenvalue weighted by atomic mass is 10.2. The number of nitrogens with two attached hydrogens (primary N) is 1. The van der Waals surface area contributed by atoms with Gasteiger partial charge in [0.25, 0.3) is 0 Å². The zero-order chi connectivity index (χ0) is 12.3. The summed E-state index contributed by atoms with van der Waals surface area (Å²) in [5, 5.41) is 11.1. The fraction of sp³-hybridized carbons (Fsp3) is 0.636. The number of piperazine rings is 1. The highest BCUT2D eigenvalue weighted by atomic mass is 15.3. The van der Waals surface area contributed by atoms with Crippen LogP contribution in [-0.2, 0) is 0 Å². The summed E-state index contributed by atoms with van der Waals surface area (Å²) in [4.78, 5) is 4.72. The van der Waals surface area contributed by atoms with Gasteiger partial charge in [-0.1, -0.05) is 0 Å². The van der Waals surface area contributed by atoms with Crippen LogP contribution in [0.2, 0.25) is 0 Å². The van der Waals surface area contributed by atoms with E-state index in [4.69, 9.17) is 5.73 Å². The molecule has 0 radical (unpaired) electrons. The van der Waals surface area contributed by atoms with Crippen LogP contribution in [0.15, 0.2) is 12.1 Å². The van der Waals surface area contributed by atoms with E-state index in [-0.39, 0.29) is 0 Å². The van der Waals surface area contributed by atoms with Crippen molar-refractivity contribution >= 4 is 11.6 Å². The maximum atomic E-state index is 5.49. The molecule has 6 nitrogen and oxygen atoms in total. The second-order valence-electron chi connectivity index (χ2n) is 4.62. The second kappa shape index (κ2) is 5.29. The first-order valence-corrected chi connectivity index (χ1v) is 5.87. The van der Waals surface area contributed by atoms with Crippen LogP contribution in [0.1, 0.15) is 0 Å². The predicted octanol–water partition coefficient (Wildman–Crippen LogP) is -0.283. The molecule has 2 heterocycles. The molecule has 2 rings (SSSR count).